The van der Waals surface area contributed by atoms with Gasteiger partial charge in [-0.3, -0.25) is 4.79 Å². The molecule has 1 aliphatic rings. The van der Waals surface area contributed by atoms with Crippen LogP contribution in [-0.4, -0.2) is 38.5 Å². The number of carbonyl (C=O) groups excluding carboxylic acids is 1. The minimum absolute atomic E-state index is 0.0140. The van der Waals surface area contributed by atoms with Gasteiger partial charge in [-0.2, -0.15) is 0 Å². The molecule has 20 heavy (non-hydrogen) atoms. The maximum atomic E-state index is 12.4. The third-order valence-corrected chi connectivity index (χ3v) is 5.50. The summed E-state index contributed by atoms with van der Waals surface area (Å²) in [5.41, 5.74) is 0.551. The lowest BCUT2D eigenvalue weighted by Crippen LogP contribution is -2.47. The highest BCUT2D eigenvalue weighted by Crippen LogP contribution is 2.26. The third-order valence-electron chi connectivity index (χ3n) is 3.60. The van der Waals surface area contributed by atoms with Crippen LogP contribution in [0.15, 0.2) is 18.2 Å². The molecule has 0 bridgehead atoms. The first-order valence-corrected chi connectivity index (χ1v) is 8.25. The Labute approximate surface area is 119 Å². The number of aryl methyl sites for hydroxylation is 1. The molecule has 0 saturated carbocycles. The van der Waals surface area contributed by atoms with Gasteiger partial charge in [0.2, 0.25) is 0 Å². The lowest BCUT2D eigenvalue weighted by atomic mass is 10.00. The fourth-order valence-electron chi connectivity index (χ4n) is 2.55. The van der Waals surface area contributed by atoms with Gasteiger partial charge in [-0.1, -0.05) is 12.1 Å². The maximum absolute atomic E-state index is 12.4. The zero-order chi connectivity index (χ0) is 15.0. The van der Waals surface area contributed by atoms with Crippen molar-refractivity contribution >= 4 is 15.7 Å². The number of hydrogen-bond donors (Lipinski definition) is 1. The summed E-state index contributed by atoms with van der Waals surface area (Å²) < 4.78 is 28.4. The number of nitrogens with one attached hydrogen (secondary N) is 1. The standard InChI is InChI=1S/C14H19NO4S/c1-10-5-4-6-11(19-3)12(10)13(16)15-14(2)7-8-20(17,18)9-14/h4-6H,7-9H2,1-3H3,(H,15,16). The molecule has 1 aromatic rings. The Morgan fingerprint density at radius 2 is 2.10 bits per heavy atom. The summed E-state index contributed by atoms with van der Waals surface area (Å²) in [5, 5.41) is 2.84. The highest BCUT2D eigenvalue weighted by atomic mass is 32.2. The van der Waals surface area contributed by atoms with Gasteiger partial charge in [-0.15, -0.1) is 0 Å². The first-order chi connectivity index (χ1) is 9.26. The van der Waals surface area contributed by atoms with Crippen molar-refractivity contribution in [3.05, 3.63) is 29.3 Å². The van der Waals surface area contributed by atoms with Crippen LogP contribution in [0.3, 0.4) is 0 Å². The summed E-state index contributed by atoms with van der Waals surface area (Å²) in [6, 6.07) is 5.35. The second-order valence-corrected chi connectivity index (χ2v) is 7.69. The number of rotatable bonds is 3. The van der Waals surface area contributed by atoms with Crippen LogP contribution in [-0.2, 0) is 9.84 Å². The molecule has 1 unspecified atom stereocenters. The van der Waals surface area contributed by atoms with Crippen molar-refractivity contribution in [1.82, 2.24) is 5.32 Å². The molecule has 2 rings (SSSR count). The molecule has 1 amide bonds. The Kier molecular flexibility index (Phi) is 3.77. The highest BCUT2D eigenvalue weighted by Gasteiger charge is 2.40. The van der Waals surface area contributed by atoms with E-state index in [2.05, 4.69) is 5.32 Å². The number of benzene rings is 1. The fraction of sp³-hybridized carbons (Fsp3) is 0.500. The maximum Gasteiger partial charge on any atom is 0.255 e. The molecule has 110 valence electrons. The lowest BCUT2D eigenvalue weighted by Gasteiger charge is -2.25. The second kappa shape index (κ2) is 5.09. The minimum atomic E-state index is -3.05. The van der Waals surface area contributed by atoms with E-state index in [9.17, 15) is 13.2 Å². The van der Waals surface area contributed by atoms with Gasteiger partial charge in [-0.25, -0.2) is 8.42 Å². The van der Waals surface area contributed by atoms with Crippen LogP contribution in [0.4, 0.5) is 0 Å². The van der Waals surface area contributed by atoms with Crippen molar-refractivity contribution < 1.29 is 17.9 Å². The van der Waals surface area contributed by atoms with Gasteiger partial charge < -0.3 is 10.1 Å². The van der Waals surface area contributed by atoms with Crippen molar-refractivity contribution in [2.24, 2.45) is 0 Å². The first kappa shape index (κ1) is 14.8. The van der Waals surface area contributed by atoms with Crippen molar-refractivity contribution in [3.63, 3.8) is 0 Å². The van der Waals surface area contributed by atoms with E-state index in [0.717, 1.165) is 5.56 Å². The summed E-state index contributed by atoms with van der Waals surface area (Å²) in [6.07, 6.45) is 0.440. The summed E-state index contributed by atoms with van der Waals surface area (Å²) >= 11 is 0. The van der Waals surface area contributed by atoms with Gasteiger partial charge in [0.25, 0.3) is 5.91 Å². The molecule has 0 radical (unpaired) electrons. The molecule has 1 fully saturated rings. The summed E-state index contributed by atoms with van der Waals surface area (Å²) in [5.74, 6) is 0.306. The summed E-state index contributed by atoms with van der Waals surface area (Å²) in [4.78, 5) is 12.4. The van der Waals surface area contributed by atoms with Gasteiger partial charge in [0.1, 0.15) is 5.75 Å². The molecule has 1 atom stereocenters. The average molecular weight is 297 g/mol. The molecule has 1 aliphatic heterocycles. The van der Waals surface area contributed by atoms with E-state index in [1.54, 1.807) is 13.0 Å². The van der Waals surface area contributed by atoms with Gasteiger partial charge >= 0.3 is 0 Å². The molecule has 5 nitrogen and oxygen atoms in total. The fourth-order valence-corrected chi connectivity index (χ4v) is 4.64. The largest absolute Gasteiger partial charge is 0.496 e. The zero-order valence-corrected chi connectivity index (χ0v) is 12.7. The quantitative estimate of drug-likeness (QED) is 0.913. The number of hydrogen-bond acceptors (Lipinski definition) is 4. The molecule has 1 aromatic carbocycles. The van der Waals surface area contributed by atoms with Crippen LogP contribution in [0.5, 0.6) is 5.75 Å². The predicted molar refractivity (Wildman–Crippen MR) is 76.9 cm³/mol. The van der Waals surface area contributed by atoms with Crippen LogP contribution in [0, 0.1) is 6.92 Å². The van der Waals surface area contributed by atoms with Crippen molar-refractivity contribution in [2.75, 3.05) is 18.6 Å². The number of ether oxygens (including phenoxy) is 1. The van der Waals surface area contributed by atoms with E-state index >= 15 is 0 Å². The van der Waals surface area contributed by atoms with Crippen molar-refractivity contribution in [2.45, 2.75) is 25.8 Å². The first-order valence-electron chi connectivity index (χ1n) is 6.43. The van der Waals surface area contributed by atoms with Crippen LogP contribution in [0.25, 0.3) is 0 Å². The van der Waals surface area contributed by atoms with Crippen molar-refractivity contribution in [3.8, 4) is 5.75 Å². The Morgan fingerprint density at radius 1 is 1.40 bits per heavy atom. The van der Waals surface area contributed by atoms with E-state index in [-0.39, 0.29) is 17.4 Å². The molecule has 1 N–H and O–H groups in total. The number of amides is 1. The Morgan fingerprint density at radius 3 is 2.65 bits per heavy atom. The Bertz CT molecular complexity index is 639. The lowest BCUT2D eigenvalue weighted by molar-refractivity contribution is 0.0911. The minimum Gasteiger partial charge on any atom is -0.496 e. The Balaban J connectivity index is 2.26. The summed E-state index contributed by atoms with van der Waals surface area (Å²) in [6.45, 7) is 3.59. The number of carbonyl (C=O) groups is 1. The van der Waals surface area contributed by atoms with Gasteiger partial charge in [0.15, 0.2) is 9.84 Å². The topological polar surface area (TPSA) is 72.5 Å². The van der Waals surface area contributed by atoms with Gasteiger partial charge in [-0.05, 0) is 31.9 Å². The van der Waals surface area contributed by atoms with E-state index < -0.39 is 15.4 Å². The van der Waals surface area contributed by atoms with Crippen LogP contribution < -0.4 is 10.1 Å². The third kappa shape index (κ3) is 2.95. The molecule has 1 heterocycles. The second-order valence-electron chi connectivity index (χ2n) is 5.51. The van der Waals surface area contributed by atoms with E-state index in [1.807, 2.05) is 19.1 Å². The van der Waals surface area contributed by atoms with E-state index in [4.69, 9.17) is 4.74 Å². The van der Waals surface area contributed by atoms with Gasteiger partial charge in [0, 0.05) is 0 Å². The SMILES string of the molecule is COc1cccc(C)c1C(=O)NC1(C)CCS(=O)(=O)C1. The van der Waals surface area contributed by atoms with E-state index in [0.29, 0.717) is 17.7 Å². The average Bonchev–Trinajstić information content (AvgIpc) is 2.62. The predicted octanol–water partition coefficient (Wildman–Crippen LogP) is 1.31. The zero-order valence-electron chi connectivity index (χ0n) is 11.9. The molecular formula is C14H19NO4S. The normalized spacial score (nSPS) is 24.4. The summed E-state index contributed by atoms with van der Waals surface area (Å²) in [7, 11) is -1.55. The molecule has 6 heteroatoms. The van der Waals surface area contributed by atoms with Crippen molar-refractivity contribution in [1.29, 1.82) is 0 Å². The number of methoxy groups -OCH3 is 1. The Hall–Kier alpha value is -1.56. The molecule has 1 saturated heterocycles. The monoisotopic (exact) mass is 297 g/mol. The molecule has 0 aliphatic carbocycles. The van der Waals surface area contributed by atoms with Crippen LogP contribution >= 0.6 is 0 Å². The van der Waals surface area contributed by atoms with E-state index in [1.165, 1.54) is 7.11 Å². The molecule has 0 aromatic heterocycles. The van der Waals surface area contributed by atoms with Crippen LogP contribution in [0.1, 0.15) is 29.3 Å². The smallest absolute Gasteiger partial charge is 0.255 e. The van der Waals surface area contributed by atoms with Crippen LogP contribution in [0.2, 0.25) is 0 Å². The molecular weight excluding hydrogens is 278 g/mol. The van der Waals surface area contributed by atoms with Gasteiger partial charge in [0.05, 0.1) is 29.7 Å². The molecule has 0 spiro atoms. The highest BCUT2D eigenvalue weighted by molar-refractivity contribution is 7.91. The number of sulfone groups is 1.